The normalized spacial score (nSPS) is 14.2. The summed E-state index contributed by atoms with van der Waals surface area (Å²) in [4.78, 5) is 28.0. The van der Waals surface area contributed by atoms with E-state index in [0.717, 1.165) is 69.8 Å². The van der Waals surface area contributed by atoms with E-state index in [1.54, 1.807) is 0 Å². The van der Waals surface area contributed by atoms with Gasteiger partial charge in [-0.1, -0.05) is 26.7 Å². The van der Waals surface area contributed by atoms with E-state index in [4.69, 9.17) is 0 Å². The summed E-state index contributed by atoms with van der Waals surface area (Å²) in [5.74, 6) is 0.0716. The highest BCUT2D eigenvalue weighted by Crippen LogP contribution is 2.20. The number of benzene rings is 1. The molecule has 1 aliphatic heterocycles. The molecule has 0 unspecified atom stereocenters. The van der Waals surface area contributed by atoms with Gasteiger partial charge in [0.15, 0.2) is 0 Å². The van der Waals surface area contributed by atoms with Gasteiger partial charge in [0, 0.05) is 50.5 Å². The highest BCUT2D eigenvalue weighted by atomic mass is 16.2. The number of unbranched alkanes of at least 4 members (excludes halogenated alkanes) is 2. The molecule has 6 heteroatoms. The summed E-state index contributed by atoms with van der Waals surface area (Å²) >= 11 is 0. The first kappa shape index (κ1) is 20.1. The third kappa shape index (κ3) is 6.24. The standard InChI is InChI=1S/C20H32N4O2/c1-3-5-7-19(25)22-17-8-10-18(11-9-17)23-13-15-24(16-14-23)20(26)21-12-6-4-2/h8-11H,3-7,12-16H2,1-2H3,(H,21,26)(H,22,25). The van der Waals surface area contributed by atoms with E-state index >= 15 is 0 Å². The fraction of sp³-hybridized carbons (Fsp3) is 0.600. The van der Waals surface area contributed by atoms with Crippen molar-refractivity contribution in [2.45, 2.75) is 46.0 Å². The second-order valence-electron chi connectivity index (χ2n) is 6.76. The second-order valence-corrected chi connectivity index (χ2v) is 6.76. The van der Waals surface area contributed by atoms with Crippen LogP contribution in [0.25, 0.3) is 0 Å². The smallest absolute Gasteiger partial charge is 0.317 e. The minimum atomic E-state index is 0.0447. The van der Waals surface area contributed by atoms with Crippen LogP contribution in [-0.2, 0) is 4.79 Å². The number of hydrogen-bond acceptors (Lipinski definition) is 3. The predicted molar refractivity (Wildman–Crippen MR) is 107 cm³/mol. The minimum absolute atomic E-state index is 0.0447. The van der Waals surface area contributed by atoms with E-state index < -0.39 is 0 Å². The molecule has 1 fully saturated rings. The minimum Gasteiger partial charge on any atom is -0.368 e. The van der Waals surface area contributed by atoms with Crippen molar-refractivity contribution >= 4 is 23.3 Å². The zero-order valence-corrected chi connectivity index (χ0v) is 16.1. The van der Waals surface area contributed by atoms with Gasteiger partial charge in [0.2, 0.25) is 5.91 Å². The lowest BCUT2D eigenvalue weighted by Crippen LogP contribution is -2.52. The molecule has 1 heterocycles. The second kappa shape index (κ2) is 10.7. The molecule has 0 bridgehead atoms. The SMILES string of the molecule is CCCCNC(=O)N1CCN(c2ccc(NC(=O)CCCC)cc2)CC1. The van der Waals surface area contributed by atoms with Crippen LogP contribution in [0.15, 0.2) is 24.3 Å². The van der Waals surface area contributed by atoms with Crippen molar-refractivity contribution in [3.05, 3.63) is 24.3 Å². The van der Waals surface area contributed by atoms with Crippen LogP contribution in [0.5, 0.6) is 0 Å². The van der Waals surface area contributed by atoms with Gasteiger partial charge < -0.3 is 20.4 Å². The number of nitrogens with zero attached hydrogens (tertiary/aromatic N) is 2. The Bertz CT molecular complexity index is 566. The van der Waals surface area contributed by atoms with Gasteiger partial charge in [-0.3, -0.25) is 4.79 Å². The average molecular weight is 361 g/mol. The Morgan fingerprint density at radius 1 is 0.962 bits per heavy atom. The van der Waals surface area contributed by atoms with E-state index in [2.05, 4.69) is 29.4 Å². The molecule has 1 aromatic rings. The summed E-state index contributed by atoms with van der Waals surface area (Å²) in [6.07, 6.45) is 4.62. The maximum Gasteiger partial charge on any atom is 0.317 e. The number of carbonyl (C=O) groups excluding carboxylic acids is 2. The highest BCUT2D eigenvalue weighted by molar-refractivity contribution is 5.90. The van der Waals surface area contributed by atoms with Crippen molar-refractivity contribution in [3.8, 4) is 0 Å². The molecule has 144 valence electrons. The number of nitrogens with one attached hydrogen (secondary N) is 2. The average Bonchev–Trinajstić information content (AvgIpc) is 2.67. The third-order valence-electron chi connectivity index (χ3n) is 4.65. The molecule has 0 aliphatic carbocycles. The van der Waals surface area contributed by atoms with Crippen LogP contribution in [0.4, 0.5) is 16.2 Å². The van der Waals surface area contributed by atoms with E-state index in [-0.39, 0.29) is 11.9 Å². The van der Waals surface area contributed by atoms with Crippen molar-refractivity contribution in [2.24, 2.45) is 0 Å². The van der Waals surface area contributed by atoms with Crippen LogP contribution in [0, 0.1) is 0 Å². The van der Waals surface area contributed by atoms with E-state index in [9.17, 15) is 9.59 Å². The maximum absolute atomic E-state index is 12.1. The Hall–Kier alpha value is -2.24. The Balaban J connectivity index is 1.78. The molecule has 6 nitrogen and oxygen atoms in total. The molecular formula is C20H32N4O2. The number of urea groups is 1. The summed E-state index contributed by atoms with van der Waals surface area (Å²) in [6.45, 7) is 8.05. The third-order valence-corrected chi connectivity index (χ3v) is 4.65. The molecule has 1 aromatic carbocycles. The lowest BCUT2D eigenvalue weighted by atomic mass is 10.2. The van der Waals surface area contributed by atoms with Gasteiger partial charge in [-0.15, -0.1) is 0 Å². The van der Waals surface area contributed by atoms with Crippen molar-refractivity contribution in [1.82, 2.24) is 10.2 Å². The number of rotatable bonds is 8. The van der Waals surface area contributed by atoms with Crippen molar-refractivity contribution < 1.29 is 9.59 Å². The van der Waals surface area contributed by atoms with Crippen LogP contribution in [0.2, 0.25) is 0 Å². The molecule has 2 rings (SSSR count). The van der Waals surface area contributed by atoms with Gasteiger partial charge in [-0.2, -0.15) is 0 Å². The summed E-state index contributed by atoms with van der Waals surface area (Å²) in [6, 6.07) is 8.01. The fourth-order valence-electron chi connectivity index (χ4n) is 2.97. The van der Waals surface area contributed by atoms with Crippen LogP contribution in [0.3, 0.4) is 0 Å². The first-order valence-electron chi connectivity index (χ1n) is 9.81. The molecule has 0 radical (unpaired) electrons. The maximum atomic E-state index is 12.1. The molecule has 3 amide bonds. The van der Waals surface area contributed by atoms with E-state index in [0.29, 0.717) is 6.42 Å². The molecule has 1 saturated heterocycles. The lowest BCUT2D eigenvalue weighted by Gasteiger charge is -2.36. The molecule has 2 N–H and O–H groups in total. The Kier molecular flexibility index (Phi) is 8.25. The zero-order valence-electron chi connectivity index (χ0n) is 16.1. The molecule has 26 heavy (non-hydrogen) atoms. The summed E-state index contributed by atoms with van der Waals surface area (Å²) in [5.41, 5.74) is 1.96. The van der Waals surface area contributed by atoms with Gasteiger partial charge in [-0.05, 0) is 37.1 Å². The Labute approximate surface area is 156 Å². The lowest BCUT2D eigenvalue weighted by molar-refractivity contribution is -0.116. The van der Waals surface area contributed by atoms with Gasteiger partial charge in [0.25, 0.3) is 0 Å². The van der Waals surface area contributed by atoms with Crippen molar-refractivity contribution in [2.75, 3.05) is 42.9 Å². The number of carbonyl (C=O) groups is 2. The Morgan fingerprint density at radius 2 is 1.62 bits per heavy atom. The van der Waals surface area contributed by atoms with Gasteiger partial charge in [-0.25, -0.2) is 4.79 Å². The Morgan fingerprint density at radius 3 is 2.23 bits per heavy atom. The quantitative estimate of drug-likeness (QED) is 0.698. The largest absolute Gasteiger partial charge is 0.368 e. The monoisotopic (exact) mass is 360 g/mol. The topological polar surface area (TPSA) is 64.7 Å². The van der Waals surface area contributed by atoms with Gasteiger partial charge >= 0.3 is 6.03 Å². The first-order valence-corrected chi connectivity index (χ1v) is 9.81. The molecule has 0 saturated carbocycles. The van der Waals surface area contributed by atoms with Crippen LogP contribution in [-0.4, -0.2) is 49.6 Å². The number of amides is 3. The summed E-state index contributed by atoms with van der Waals surface area (Å²) in [5, 5.41) is 5.91. The molecule has 0 spiro atoms. The van der Waals surface area contributed by atoms with E-state index in [1.165, 1.54) is 0 Å². The van der Waals surface area contributed by atoms with E-state index in [1.807, 2.05) is 29.2 Å². The van der Waals surface area contributed by atoms with Crippen LogP contribution >= 0.6 is 0 Å². The van der Waals surface area contributed by atoms with Crippen molar-refractivity contribution in [3.63, 3.8) is 0 Å². The molecule has 1 aliphatic rings. The van der Waals surface area contributed by atoms with Crippen LogP contribution in [0.1, 0.15) is 46.0 Å². The number of anilines is 2. The first-order chi connectivity index (χ1) is 12.6. The molecular weight excluding hydrogens is 328 g/mol. The summed E-state index contributed by atoms with van der Waals surface area (Å²) in [7, 11) is 0. The molecule has 0 aromatic heterocycles. The molecule has 0 atom stereocenters. The van der Waals surface area contributed by atoms with Crippen molar-refractivity contribution in [1.29, 1.82) is 0 Å². The zero-order chi connectivity index (χ0) is 18.8. The van der Waals surface area contributed by atoms with Gasteiger partial charge in [0.1, 0.15) is 0 Å². The highest BCUT2D eigenvalue weighted by Gasteiger charge is 2.20. The fourth-order valence-corrected chi connectivity index (χ4v) is 2.97. The van der Waals surface area contributed by atoms with Gasteiger partial charge in [0.05, 0.1) is 0 Å². The number of hydrogen-bond donors (Lipinski definition) is 2. The number of piperazine rings is 1. The predicted octanol–water partition coefficient (Wildman–Crippen LogP) is 3.45. The van der Waals surface area contributed by atoms with Crippen LogP contribution < -0.4 is 15.5 Å². The summed E-state index contributed by atoms with van der Waals surface area (Å²) < 4.78 is 0.